The van der Waals surface area contributed by atoms with Crippen LogP contribution in [0.5, 0.6) is 5.75 Å². The Morgan fingerprint density at radius 1 is 1.21 bits per heavy atom. The van der Waals surface area contributed by atoms with Crippen molar-refractivity contribution in [3.05, 3.63) is 82.1 Å². The van der Waals surface area contributed by atoms with Gasteiger partial charge in [-0.3, -0.25) is 14.9 Å². The first-order valence-electron chi connectivity index (χ1n) is 8.35. The summed E-state index contributed by atoms with van der Waals surface area (Å²) in [6.45, 7) is 0. The van der Waals surface area contributed by atoms with E-state index in [1.54, 1.807) is 24.3 Å². The molecule has 0 fully saturated rings. The van der Waals surface area contributed by atoms with Crippen molar-refractivity contribution < 1.29 is 18.9 Å². The normalized spacial score (nSPS) is 10.8. The first kappa shape index (κ1) is 18.8. The Labute approximate surface area is 160 Å². The molecule has 28 heavy (non-hydrogen) atoms. The minimum Gasteiger partial charge on any atom is -0.497 e. The molecule has 8 heteroatoms. The average molecular weight is 379 g/mol. The van der Waals surface area contributed by atoms with E-state index in [-0.39, 0.29) is 18.0 Å². The lowest BCUT2D eigenvalue weighted by molar-refractivity contribution is -0.384. The Hall–Kier alpha value is -3.94. The van der Waals surface area contributed by atoms with Crippen LogP contribution in [0.4, 0.5) is 5.69 Å². The molecular weight excluding hydrogens is 362 g/mol. The second kappa shape index (κ2) is 8.63. The van der Waals surface area contributed by atoms with Crippen LogP contribution in [0.25, 0.3) is 11.3 Å². The van der Waals surface area contributed by atoms with E-state index in [4.69, 9.17) is 9.15 Å². The summed E-state index contributed by atoms with van der Waals surface area (Å²) in [6.07, 6.45) is 1.54. The fraction of sp³-hybridized carbons (Fsp3) is 0.100. The van der Waals surface area contributed by atoms with E-state index >= 15 is 0 Å². The molecule has 0 aliphatic rings. The number of nitro benzene ring substituents is 1. The van der Waals surface area contributed by atoms with Gasteiger partial charge in [0.2, 0.25) is 5.91 Å². The van der Waals surface area contributed by atoms with E-state index in [1.165, 1.54) is 19.4 Å². The Morgan fingerprint density at radius 3 is 2.71 bits per heavy atom. The average Bonchev–Trinajstić information content (AvgIpc) is 3.17. The number of nitrogens with one attached hydrogen (secondary N) is 1. The number of benzene rings is 2. The lowest BCUT2D eigenvalue weighted by Crippen LogP contribution is -2.19. The molecule has 1 N–H and O–H groups in total. The van der Waals surface area contributed by atoms with Crippen molar-refractivity contribution in [1.29, 1.82) is 0 Å². The first-order chi connectivity index (χ1) is 13.6. The summed E-state index contributed by atoms with van der Waals surface area (Å²) in [5, 5.41) is 15.2. The van der Waals surface area contributed by atoms with E-state index in [1.807, 2.05) is 30.3 Å². The van der Waals surface area contributed by atoms with Gasteiger partial charge in [0, 0.05) is 0 Å². The monoisotopic (exact) mass is 379 g/mol. The maximum absolute atomic E-state index is 11.9. The molecule has 2 aromatic carbocycles. The van der Waals surface area contributed by atoms with Gasteiger partial charge >= 0.3 is 0 Å². The number of hydrogen-bond acceptors (Lipinski definition) is 6. The second-order valence-corrected chi connectivity index (χ2v) is 5.80. The van der Waals surface area contributed by atoms with E-state index in [0.717, 1.165) is 5.56 Å². The summed E-state index contributed by atoms with van der Waals surface area (Å²) in [7, 11) is 1.44. The zero-order valence-corrected chi connectivity index (χ0v) is 15.0. The maximum atomic E-state index is 11.9. The molecular formula is C20H17N3O5. The number of ether oxygens (including phenoxy) is 1. The first-order valence-corrected chi connectivity index (χ1v) is 8.35. The molecule has 0 unspecified atom stereocenters. The van der Waals surface area contributed by atoms with Crippen LogP contribution in [0, 0.1) is 10.1 Å². The van der Waals surface area contributed by atoms with E-state index in [2.05, 4.69) is 10.5 Å². The van der Waals surface area contributed by atoms with Gasteiger partial charge in [-0.25, -0.2) is 5.43 Å². The van der Waals surface area contributed by atoms with Gasteiger partial charge in [0.15, 0.2) is 0 Å². The second-order valence-electron chi connectivity index (χ2n) is 5.80. The number of amides is 1. The molecule has 0 aliphatic heterocycles. The Bertz CT molecular complexity index is 1010. The van der Waals surface area contributed by atoms with E-state index < -0.39 is 4.92 Å². The topological polar surface area (TPSA) is 107 Å². The molecule has 0 atom stereocenters. The predicted octanol–water partition coefficient (Wildman–Crippen LogP) is 3.56. The number of nitro groups is 1. The fourth-order valence-corrected chi connectivity index (χ4v) is 2.55. The zero-order chi connectivity index (χ0) is 19.9. The highest BCUT2D eigenvalue weighted by Gasteiger charge is 2.19. The number of furan rings is 1. The summed E-state index contributed by atoms with van der Waals surface area (Å²) in [6, 6.07) is 17.0. The molecule has 0 saturated heterocycles. The summed E-state index contributed by atoms with van der Waals surface area (Å²) in [4.78, 5) is 22.7. The Kier molecular flexibility index (Phi) is 5.81. The third-order valence-corrected chi connectivity index (χ3v) is 3.88. The van der Waals surface area contributed by atoms with Crippen LogP contribution in [0.15, 0.2) is 70.2 Å². The molecule has 142 valence electrons. The lowest BCUT2D eigenvalue weighted by Gasteiger charge is -2.03. The van der Waals surface area contributed by atoms with Crippen molar-refractivity contribution in [2.24, 2.45) is 5.10 Å². The van der Waals surface area contributed by atoms with Crippen molar-refractivity contribution in [3.63, 3.8) is 0 Å². The van der Waals surface area contributed by atoms with Crippen molar-refractivity contribution in [2.45, 2.75) is 6.42 Å². The van der Waals surface area contributed by atoms with Crippen molar-refractivity contribution in [2.75, 3.05) is 7.11 Å². The summed E-state index contributed by atoms with van der Waals surface area (Å²) >= 11 is 0. The molecule has 1 amide bonds. The molecule has 0 aliphatic carbocycles. The number of nitrogens with zero attached hydrogens (tertiary/aromatic N) is 2. The molecule has 0 spiro atoms. The lowest BCUT2D eigenvalue weighted by atomic mass is 10.1. The van der Waals surface area contributed by atoms with Crippen molar-refractivity contribution >= 4 is 17.8 Å². The van der Waals surface area contributed by atoms with Crippen LogP contribution in [0.1, 0.15) is 11.3 Å². The van der Waals surface area contributed by atoms with Crippen LogP contribution in [-0.2, 0) is 11.2 Å². The van der Waals surface area contributed by atoms with Crippen LogP contribution in [-0.4, -0.2) is 24.2 Å². The minimum absolute atomic E-state index is 0.131. The largest absolute Gasteiger partial charge is 0.497 e. The number of carbonyl (C=O) groups is 1. The number of carbonyl (C=O) groups excluding carboxylic acids is 1. The minimum atomic E-state index is -0.502. The summed E-state index contributed by atoms with van der Waals surface area (Å²) < 4.78 is 10.6. The smallest absolute Gasteiger partial charge is 0.284 e. The SMILES string of the molecule is COc1ccc(-c2ccc(/C=N\NC(=O)Cc3ccccc3)o2)c([N+](=O)[O-])c1. The Balaban J connectivity index is 1.68. The van der Waals surface area contributed by atoms with Gasteiger partial charge in [-0.1, -0.05) is 30.3 Å². The quantitative estimate of drug-likeness (QED) is 0.384. The van der Waals surface area contributed by atoms with Gasteiger partial charge in [0.25, 0.3) is 5.69 Å². The molecule has 8 nitrogen and oxygen atoms in total. The van der Waals surface area contributed by atoms with Gasteiger partial charge in [0.1, 0.15) is 17.3 Å². The third-order valence-electron chi connectivity index (χ3n) is 3.88. The number of hydrazone groups is 1. The van der Waals surface area contributed by atoms with Gasteiger partial charge in [0.05, 0.1) is 36.3 Å². The van der Waals surface area contributed by atoms with Crippen LogP contribution in [0.2, 0.25) is 0 Å². The highest BCUT2D eigenvalue weighted by atomic mass is 16.6. The zero-order valence-electron chi connectivity index (χ0n) is 15.0. The highest BCUT2D eigenvalue weighted by molar-refractivity contribution is 5.82. The number of rotatable bonds is 7. The van der Waals surface area contributed by atoms with Gasteiger partial charge in [-0.2, -0.15) is 5.10 Å². The Morgan fingerprint density at radius 2 is 2.00 bits per heavy atom. The van der Waals surface area contributed by atoms with E-state index in [9.17, 15) is 14.9 Å². The van der Waals surface area contributed by atoms with Gasteiger partial charge < -0.3 is 9.15 Å². The summed E-state index contributed by atoms with van der Waals surface area (Å²) in [5.74, 6) is 0.775. The molecule has 3 rings (SSSR count). The standard InChI is InChI=1S/C20H17N3O5/c1-27-15-7-9-17(18(12-15)23(25)26)19-10-8-16(28-19)13-21-22-20(24)11-14-5-3-2-4-6-14/h2-10,12-13H,11H2,1H3,(H,22,24)/b21-13-. The molecule has 3 aromatic rings. The van der Waals surface area contributed by atoms with Crippen LogP contribution < -0.4 is 10.2 Å². The van der Waals surface area contributed by atoms with E-state index in [0.29, 0.717) is 22.8 Å². The maximum Gasteiger partial charge on any atom is 0.284 e. The number of hydrogen-bond donors (Lipinski definition) is 1. The molecule has 0 radical (unpaired) electrons. The van der Waals surface area contributed by atoms with Crippen molar-refractivity contribution in [1.82, 2.24) is 5.43 Å². The van der Waals surface area contributed by atoms with Crippen LogP contribution >= 0.6 is 0 Å². The van der Waals surface area contributed by atoms with Gasteiger partial charge in [-0.05, 0) is 29.8 Å². The molecule has 0 bridgehead atoms. The molecule has 1 aromatic heterocycles. The highest BCUT2D eigenvalue weighted by Crippen LogP contribution is 2.33. The van der Waals surface area contributed by atoms with Gasteiger partial charge in [-0.15, -0.1) is 0 Å². The summed E-state index contributed by atoms with van der Waals surface area (Å²) in [5.41, 5.74) is 3.48. The third kappa shape index (κ3) is 4.61. The predicted molar refractivity (Wildman–Crippen MR) is 103 cm³/mol. The van der Waals surface area contributed by atoms with Crippen LogP contribution in [0.3, 0.4) is 0 Å². The number of methoxy groups -OCH3 is 1. The molecule has 0 saturated carbocycles. The van der Waals surface area contributed by atoms with Crippen molar-refractivity contribution in [3.8, 4) is 17.1 Å². The fourth-order valence-electron chi connectivity index (χ4n) is 2.55. The molecule has 1 heterocycles.